The molecule has 1 aliphatic carbocycles. The Bertz CT molecular complexity index is 424. The van der Waals surface area contributed by atoms with E-state index in [0.717, 1.165) is 32.3 Å². The highest BCUT2D eigenvalue weighted by Gasteiger charge is 2.68. The maximum absolute atomic E-state index is 9.62. The van der Waals surface area contributed by atoms with Gasteiger partial charge >= 0.3 is 0 Å². The zero-order valence-corrected chi connectivity index (χ0v) is 12.8. The van der Waals surface area contributed by atoms with Crippen LogP contribution in [0.4, 0.5) is 0 Å². The first-order valence-electron chi connectivity index (χ1n) is 7.75. The lowest BCUT2D eigenvalue weighted by Crippen LogP contribution is -2.50. The molecule has 4 unspecified atom stereocenters. The number of nitrogens with zero attached hydrogens (tertiary/aromatic N) is 1. The van der Waals surface area contributed by atoms with E-state index in [1.807, 2.05) is 13.8 Å². The van der Waals surface area contributed by atoms with Crippen molar-refractivity contribution in [3.05, 3.63) is 0 Å². The van der Waals surface area contributed by atoms with Gasteiger partial charge in [0.25, 0.3) is 0 Å². The smallest absolute Gasteiger partial charge is 0.0939 e. The molecule has 20 heavy (non-hydrogen) atoms. The molecule has 1 saturated carbocycles. The number of hydrogen-bond acceptors (Lipinski definition) is 4. The van der Waals surface area contributed by atoms with Crippen LogP contribution in [0.15, 0.2) is 0 Å². The molecule has 4 nitrogen and oxygen atoms in total. The summed E-state index contributed by atoms with van der Waals surface area (Å²) in [4.78, 5) is 0. The van der Waals surface area contributed by atoms with Crippen molar-refractivity contribution in [2.24, 2.45) is 5.41 Å². The van der Waals surface area contributed by atoms with E-state index in [4.69, 9.17) is 14.2 Å². The molecule has 2 aliphatic heterocycles. The molecule has 0 N–H and O–H groups in total. The third-order valence-corrected chi connectivity index (χ3v) is 5.48. The fraction of sp³-hybridized carbons (Fsp3) is 0.938. The lowest BCUT2D eigenvalue weighted by Gasteiger charge is -2.42. The highest BCUT2D eigenvalue weighted by atomic mass is 16.6. The summed E-state index contributed by atoms with van der Waals surface area (Å²) < 4.78 is 18.0. The average molecular weight is 279 g/mol. The van der Waals surface area contributed by atoms with E-state index >= 15 is 0 Å². The van der Waals surface area contributed by atoms with Crippen molar-refractivity contribution in [2.45, 2.75) is 76.3 Å². The summed E-state index contributed by atoms with van der Waals surface area (Å²) in [5.41, 5.74) is -1.11. The molecule has 0 aromatic carbocycles. The molecule has 2 saturated heterocycles. The van der Waals surface area contributed by atoms with Gasteiger partial charge in [-0.2, -0.15) is 5.26 Å². The Morgan fingerprint density at radius 2 is 2.10 bits per heavy atom. The molecular weight excluding hydrogens is 254 g/mol. The van der Waals surface area contributed by atoms with Gasteiger partial charge in [0.1, 0.15) is 0 Å². The minimum Gasteiger partial charge on any atom is -0.376 e. The van der Waals surface area contributed by atoms with Gasteiger partial charge in [-0.05, 0) is 46.5 Å². The van der Waals surface area contributed by atoms with Crippen LogP contribution in [0.1, 0.15) is 52.9 Å². The minimum absolute atomic E-state index is 0.0145. The first-order chi connectivity index (χ1) is 9.41. The Hall–Kier alpha value is -0.630. The molecule has 4 atom stereocenters. The summed E-state index contributed by atoms with van der Waals surface area (Å²) in [5.74, 6) is 0. The van der Waals surface area contributed by atoms with E-state index in [2.05, 4.69) is 13.0 Å². The number of hydrogen-bond donors (Lipinski definition) is 0. The fourth-order valence-corrected chi connectivity index (χ4v) is 4.18. The second-order valence-electron chi connectivity index (χ2n) is 7.31. The molecule has 112 valence electrons. The third-order valence-electron chi connectivity index (χ3n) is 5.48. The number of fused-ring (bicyclic) bond motifs is 2. The van der Waals surface area contributed by atoms with Crippen molar-refractivity contribution in [2.75, 3.05) is 13.2 Å². The molecule has 2 heterocycles. The quantitative estimate of drug-likeness (QED) is 0.797. The van der Waals surface area contributed by atoms with Crippen molar-refractivity contribution >= 4 is 0 Å². The van der Waals surface area contributed by atoms with Gasteiger partial charge in [-0.25, -0.2) is 0 Å². The Morgan fingerprint density at radius 3 is 2.70 bits per heavy atom. The van der Waals surface area contributed by atoms with Gasteiger partial charge in [-0.15, -0.1) is 0 Å². The molecule has 0 radical (unpaired) electrons. The van der Waals surface area contributed by atoms with Crippen molar-refractivity contribution in [3.8, 4) is 6.07 Å². The van der Waals surface area contributed by atoms with Crippen LogP contribution in [0.5, 0.6) is 0 Å². The molecule has 4 heteroatoms. The van der Waals surface area contributed by atoms with E-state index in [1.54, 1.807) is 0 Å². The first-order valence-corrected chi connectivity index (χ1v) is 7.75. The van der Waals surface area contributed by atoms with E-state index in [9.17, 15) is 5.26 Å². The lowest BCUT2D eigenvalue weighted by atomic mass is 9.74. The van der Waals surface area contributed by atoms with Crippen LogP contribution in [0.2, 0.25) is 0 Å². The second kappa shape index (κ2) is 4.69. The molecule has 3 aliphatic rings. The van der Waals surface area contributed by atoms with Crippen molar-refractivity contribution < 1.29 is 14.2 Å². The van der Waals surface area contributed by atoms with Crippen molar-refractivity contribution in [1.82, 2.24) is 0 Å². The number of ether oxygens (including phenoxy) is 3. The molecular formula is C16H25NO3. The number of rotatable bonds is 3. The zero-order valence-electron chi connectivity index (χ0n) is 12.8. The summed E-state index contributed by atoms with van der Waals surface area (Å²) in [5, 5.41) is 9.62. The van der Waals surface area contributed by atoms with Gasteiger partial charge in [0, 0.05) is 13.0 Å². The van der Waals surface area contributed by atoms with Crippen molar-refractivity contribution in [1.29, 1.82) is 5.26 Å². The Morgan fingerprint density at radius 1 is 1.30 bits per heavy atom. The van der Waals surface area contributed by atoms with Gasteiger partial charge in [-0.1, -0.05) is 0 Å². The van der Waals surface area contributed by atoms with Crippen LogP contribution in [0.25, 0.3) is 0 Å². The second-order valence-corrected chi connectivity index (χ2v) is 7.31. The number of nitriles is 1. The molecule has 0 spiro atoms. The standard InChI is InChI=1S/C16H25NO3/c1-14(2)16(11-17)8-13(15(3,10-16)20-14)19-9-12-6-4-5-7-18-12/h12-13H,4-10H2,1-3H3. The summed E-state index contributed by atoms with van der Waals surface area (Å²) >= 11 is 0. The summed E-state index contributed by atoms with van der Waals surface area (Å²) in [6, 6.07) is 2.52. The van der Waals surface area contributed by atoms with Gasteiger partial charge in [0.05, 0.1) is 41.5 Å². The molecule has 0 aromatic heterocycles. The molecule has 3 rings (SSSR count). The lowest BCUT2D eigenvalue weighted by molar-refractivity contribution is -0.199. The normalized spacial score (nSPS) is 46.3. The van der Waals surface area contributed by atoms with Gasteiger partial charge in [0.2, 0.25) is 0 Å². The predicted molar refractivity (Wildman–Crippen MR) is 74.2 cm³/mol. The minimum atomic E-state index is -0.403. The SMILES string of the molecule is CC12CC(C#N)(CC1OCC1CCCCO1)C(C)(C)O2. The van der Waals surface area contributed by atoms with Crippen LogP contribution in [0.3, 0.4) is 0 Å². The van der Waals surface area contributed by atoms with E-state index < -0.39 is 5.41 Å². The molecule has 3 fully saturated rings. The maximum atomic E-state index is 9.62. The van der Waals surface area contributed by atoms with Crippen LogP contribution >= 0.6 is 0 Å². The highest BCUT2D eigenvalue weighted by Crippen LogP contribution is 2.61. The molecule has 0 amide bonds. The van der Waals surface area contributed by atoms with E-state index in [-0.39, 0.29) is 23.4 Å². The van der Waals surface area contributed by atoms with Gasteiger partial charge in [0.15, 0.2) is 0 Å². The summed E-state index contributed by atoms with van der Waals surface area (Å²) in [7, 11) is 0. The Kier molecular flexibility index (Phi) is 3.36. The third kappa shape index (κ3) is 2.07. The topological polar surface area (TPSA) is 51.5 Å². The van der Waals surface area contributed by atoms with E-state index in [1.165, 1.54) is 6.42 Å². The van der Waals surface area contributed by atoms with Crippen LogP contribution < -0.4 is 0 Å². The summed E-state index contributed by atoms with van der Waals surface area (Å²) in [6.45, 7) is 7.63. The van der Waals surface area contributed by atoms with Crippen molar-refractivity contribution in [3.63, 3.8) is 0 Å². The van der Waals surface area contributed by atoms with Crippen LogP contribution in [-0.4, -0.2) is 36.6 Å². The Labute approximate surface area is 121 Å². The summed E-state index contributed by atoms with van der Waals surface area (Å²) in [6.07, 6.45) is 5.26. The predicted octanol–water partition coefficient (Wildman–Crippen LogP) is 2.81. The maximum Gasteiger partial charge on any atom is 0.0939 e. The largest absolute Gasteiger partial charge is 0.376 e. The Balaban J connectivity index is 1.64. The molecule has 0 aromatic rings. The fourth-order valence-electron chi connectivity index (χ4n) is 4.18. The van der Waals surface area contributed by atoms with Crippen LogP contribution in [-0.2, 0) is 14.2 Å². The van der Waals surface area contributed by atoms with Gasteiger partial charge in [-0.3, -0.25) is 0 Å². The average Bonchev–Trinajstić information content (AvgIpc) is 2.81. The first kappa shape index (κ1) is 14.3. The molecule has 2 bridgehead atoms. The van der Waals surface area contributed by atoms with E-state index in [0.29, 0.717) is 6.61 Å². The zero-order chi connectivity index (χ0) is 14.4. The van der Waals surface area contributed by atoms with Crippen LogP contribution in [0, 0.1) is 16.7 Å². The highest BCUT2D eigenvalue weighted by molar-refractivity contribution is 5.24. The van der Waals surface area contributed by atoms with Gasteiger partial charge < -0.3 is 14.2 Å². The monoisotopic (exact) mass is 279 g/mol.